The monoisotopic (exact) mass is 612 g/mol. The third-order valence-corrected chi connectivity index (χ3v) is 16.6. The first-order valence-corrected chi connectivity index (χ1v) is 20.5. The van der Waals surface area contributed by atoms with Gasteiger partial charge in [-0.25, -0.2) is 9.59 Å². The summed E-state index contributed by atoms with van der Waals surface area (Å²) < 4.78 is 23.9. The molecule has 0 radical (unpaired) electrons. The first kappa shape index (κ1) is 35.4. The Balaban J connectivity index is 2.13. The van der Waals surface area contributed by atoms with Crippen LogP contribution in [0.15, 0.2) is 54.6 Å². The van der Waals surface area contributed by atoms with Crippen molar-refractivity contribution in [1.82, 2.24) is 0 Å². The highest BCUT2D eigenvalue weighted by atomic mass is 28.4. The van der Waals surface area contributed by atoms with Crippen molar-refractivity contribution in [3.8, 4) is 11.5 Å². The van der Waals surface area contributed by atoms with Crippen molar-refractivity contribution in [2.45, 2.75) is 117 Å². The first-order valence-electron chi connectivity index (χ1n) is 14.7. The summed E-state index contributed by atoms with van der Waals surface area (Å²) >= 11 is 0. The van der Waals surface area contributed by atoms with Crippen molar-refractivity contribution in [2.24, 2.45) is 0 Å². The minimum atomic E-state index is -1.98. The number of benzene rings is 2. The van der Waals surface area contributed by atoms with E-state index in [0.29, 0.717) is 0 Å². The van der Waals surface area contributed by atoms with E-state index in [4.69, 9.17) is 18.3 Å². The van der Waals surface area contributed by atoms with Crippen molar-refractivity contribution < 1.29 is 27.9 Å². The second-order valence-electron chi connectivity index (χ2n) is 14.9. The molecule has 0 saturated heterocycles. The zero-order valence-corrected chi connectivity index (χ0v) is 30.0. The minimum Gasteiger partial charge on any atom is -0.544 e. The van der Waals surface area contributed by atoms with Crippen LogP contribution in [0.3, 0.4) is 0 Å². The molecule has 0 aliphatic heterocycles. The third kappa shape index (κ3) is 10.8. The molecule has 8 heteroatoms. The van der Waals surface area contributed by atoms with E-state index in [1.54, 1.807) is 26.8 Å². The van der Waals surface area contributed by atoms with Gasteiger partial charge in [0.05, 0.1) is 0 Å². The van der Waals surface area contributed by atoms with Gasteiger partial charge in [-0.3, -0.25) is 0 Å². The summed E-state index contributed by atoms with van der Waals surface area (Å²) in [5.41, 5.74) is 0.940. The molecule has 0 aliphatic rings. The normalized spacial score (nSPS) is 13.9. The molecule has 0 bridgehead atoms. The highest BCUT2D eigenvalue weighted by Crippen LogP contribution is 2.38. The molecule has 2 rings (SSSR count). The number of carbonyl (C=O) groups excluding carboxylic acids is 2. The maximum atomic E-state index is 13.0. The lowest BCUT2D eigenvalue weighted by atomic mass is 10.1. The number of hydrogen-bond acceptors (Lipinski definition) is 6. The zero-order chi connectivity index (χ0) is 32.1. The van der Waals surface area contributed by atoms with Crippen LogP contribution in [0.5, 0.6) is 11.5 Å². The van der Waals surface area contributed by atoms with Gasteiger partial charge in [-0.15, -0.1) is 0 Å². The lowest BCUT2D eigenvalue weighted by Gasteiger charge is -2.36. The number of esters is 2. The van der Waals surface area contributed by atoms with E-state index in [9.17, 15) is 9.59 Å². The third-order valence-electron chi connectivity index (χ3n) is 7.92. The number of rotatable bonds is 10. The topological polar surface area (TPSA) is 71.1 Å². The van der Waals surface area contributed by atoms with Crippen molar-refractivity contribution in [3.05, 3.63) is 65.7 Å². The molecule has 0 amide bonds. The van der Waals surface area contributed by atoms with Crippen LogP contribution in [0.4, 0.5) is 0 Å². The van der Waals surface area contributed by atoms with Crippen molar-refractivity contribution >= 4 is 34.6 Å². The van der Waals surface area contributed by atoms with Crippen LogP contribution in [-0.2, 0) is 25.5 Å². The summed E-state index contributed by atoms with van der Waals surface area (Å²) in [5.74, 6) is 0.398. The minimum absolute atomic E-state index is 0.0791. The molecule has 0 aromatic heterocycles. The van der Waals surface area contributed by atoms with E-state index in [1.807, 2.05) is 48.5 Å². The quantitative estimate of drug-likeness (QED) is 0.152. The molecule has 0 saturated carbocycles. The molecule has 0 heterocycles. The summed E-state index contributed by atoms with van der Waals surface area (Å²) in [5, 5.41) is 0.177. The summed E-state index contributed by atoms with van der Waals surface area (Å²) in [4.78, 5) is 25.8. The van der Waals surface area contributed by atoms with E-state index >= 15 is 0 Å². The number of carbonyl (C=O) groups is 2. The Kier molecular flexibility index (Phi) is 11.1. The van der Waals surface area contributed by atoms with Crippen LogP contribution in [0.25, 0.3) is 6.08 Å². The number of ether oxygens (including phenoxy) is 2. The van der Waals surface area contributed by atoms with Gasteiger partial charge in [-0.1, -0.05) is 65.8 Å². The Morgan fingerprint density at radius 3 is 1.55 bits per heavy atom. The van der Waals surface area contributed by atoms with Crippen molar-refractivity contribution in [1.29, 1.82) is 0 Å². The van der Waals surface area contributed by atoms with Gasteiger partial charge in [0.15, 0.2) is 0 Å². The van der Waals surface area contributed by atoms with Gasteiger partial charge >= 0.3 is 11.9 Å². The van der Waals surface area contributed by atoms with Gasteiger partial charge < -0.3 is 18.3 Å². The van der Waals surface area contributed by atoms with Crippen molar-refractivity contribution in [3.63, 3.8) is 0 Å². The largest absolute Gasteiger partial charge is 0.544 e. The maximum Gasteiger partial charge on any atom is 0.348 e. The molecule has 1 unspecified atom stereocenters. The fourth-order valence-electron chi connectivity index (χ4n) is 3.33. The van der Waals surface area contributed by atoms with Crippen LogP contribution in [0.2, 0.25) is 36.3 Å². The summed E-state index contributed by atoms with van der Waals surface area (Å²) in [6.07, 6.45) is 2.09. The molecular formula is C34H52O6Si2. The van der Waals surface area contributed by atoms with Crippen LogP contribution in [0, 0.1) is 0 Å². The summed E-state index contributed by atoms with van der Waals surface area (Å²) in [6, 6.07) is 15.2. The Labute approximate surface area is 256 Å². The molecule has 0 N–H and O–H groups in total. The standard InChI is InChI=1S/C34H52O6Si2/c1-32(2,3)38-31(36)29(24-26-16-21-28(22-17-26)40-42(12,13)34(7,8)9)37-30(35)23-18-25-14-19-27(20-15-25)39-41(10,11)33(4,5)6/h14-23,29H,24H2,1-13H3/b23-18+. The van der Waals surface area contributed by atoms with Crippen molar-refractivity contribution in [2.75, 3.05) is 0 Å². The molecule has 42 heavy (non-hydrogen) atoms. The van der Waals surface area contributed by atoms with Gasteiger partial charge in [0.25, 0.3) is 0 Å². The predicted molar refractivity (Wildman–Crippen MR) is 177 cm³/mol. The smallest absolute Gasteiger partial charge is 0.348 e. The Morgan fingerprint density at radius 2 is 1.14 bits per heavy atom. The molecule has 2 aromatic rings. The summed E-state index contributed by atoms with van der Waals surface area (Å²) in [6.45, 7) is 27.4. The predicted octanol–water partition coefficient (Wildman–Crippen LogP) is 8.96. The van der Waals surface area contributed by atoms with Gasteiger partial charge in [0.2, 0.25) is 22.7 Å². The van der Waals surface area contributed by atoms with Gasteiger partial charge in [0.1, 0.15) is 17.1 Å². The molecule has 0 fully saturated rings. The second kappa shape index (κ2) is 13.2. The molecule has 6 nitrogen and oxygen atoms in total. The van der Waals surface area contributed by atoms with Crippen LogP contribution in [0.1, 0.15) is 73.4 Å². The van der Waals surface area contributed by atoms with E-state index in [0.717, 1.165) is 22.6 Å². The Morgan fingerprint density at radius 1 is 0.714 bits per heavy atom. The van der Waals surface area contributed by atoms with Crippen LogP contribution < -0.4 is 8.85 Å². The Hall–Kier alpha value is -2.85. The number of hydrogen-bond donors (Lipinski definition) is 0. The first-order chi connectivity index (χ1) is 19.0. The van der Waals surface area contributed by atoms with Gasteiger partial charge in [0, 0.05) is 12.5 Å². The molecule has 2 aromatic carbocycles. The molecular weight excluding hydrogens is 561 g/mol. The van der Waals surface area contributed by atoms with Gasteiger partial charge in [-0.2, -0.15) is 0 Å². The van der Waals surface area contributed by atoms with E-state index in [-0.39, 0.29) is 16.5 Å². The highest BCUT2D eigenvalue weighted by Gasteiger charge is 2.40. The average Bonchev–Trinajstić information content (AvgIpc) is 2.81. The van der Waals surface area contributed by atoms with E-state index in [2.05, 4.69) is 67.7 Å². The SMILES string of the molecule is CC(C)(C)OC(=O)C(Cc1ccc(O[Si](C)(C)C(C)(C)C)cc1)OC(=O)/C=C/c1ccc(O[Si](C)(C)C(C)(C)C)cc1. The maximum absolute atomic E-state index is 13.0. The van der Waals surface area contributed by atoms with E-state index < -0.39 is 40.3 Å². The summed E-state index contributed by atoms with van der Waals surface area (Å²) in [7, 11) is -3.92. The Bertz CT molecular complexity index is 1230. The fourth-order valence-corrected chi connectivity index (χ4v) is 5.40. The fraction of sp³-hybridized carbons (Fsp3) is 0.529. The molecule has 1 atom stereocenters. The van der Waals surface area contributed by atoms with E-state index in [1.165, 1.54) is 6.08 Å². The highest BCUT2D eigenvalue weighted by molar-refractivity contribution is 6.75. The molecule has 0 spiro atoms. The van der Waals surface area contributed by atoms with Crippen LogP contribution in [-0.4, -0.2) is 40.3 Å². The average molecular weight is 613 g/mol. The second-order valence-corrected chi connectivity index (χ2v) is 24.4. The molecule has 232 valence electrons. The van der Waals surface area contributed by atoms with Gasteiger partial charge in [-0.05, 0) is 98.5 Å². The lowest BCUT2D eigenvalue weighted by molar-refractivity contribution is -0.173. The molecule has 0 aliphatic carbocycles. The lowest BCUT2D eigenvalue weighted by Crippen LogP contribution is -2.43. The van der Waals surface area contributed by atoms with Crippen LogP contribution >= 0.6 is 0 Å². The zero-order valence-electron chi connectivity index (χ0n) is 28.0.